The summed E-state index contributed by atoms with van der Waals surface area (Å²) in [5, 5.41) is 27.7. The van der Waals surface area contributed by atoms with Gasteiger partial charge in [0.1, 0.15) is 5.75 Å². The number of hydrogen-bond donors (Lipinski definition) is 2. The zero-order valence-electron chi connectivity index (χ0n) is 12.0. The second-order valence-corrected chi connectivity index (χ2v) is 4.57. The summed E-state index contributed by atoms with van der Waals surface area (Å²) in [6.07, 6.45) is 3.25. The number of carbonyl (C=O) groups excluding carboxylic acids is 1. The van der Waals surface area contributed by atoms with Crippen LogP contribution in [0.1, 0.15) is 17.3 Å². The zero-order chi connectivity index (χ0) is 16.1. The van der Waals surface area contributed by atoms with Crippen molar-refractivity contribution in [3.05, 3.63) is 58.9 Å². The Morgan fingerprint density at radius 2 is 2.05 bits per heavy atom. The summed E-state index contributed by atoms with van der Waals surface area (Å²) in [7, 11) is 0. The second-order valence-electron chi connectivity index (χ2n) is 4.57. The van der Waals surface area contributed by atoms with Crippen LogP contribution in [0.25, 0.3) is 0 Å². The van der Waals surface area contributed by atoms with Crippen molar-refractivity contribution in [2.24, 2.45) is 0 Å². The Bertz CT molecular complexity index is 704. The Morgan fingerprint density at radius 1 is 1.36 bits per heavy atom. The van der Waals surface area contributed by atoms with E-state index in [9.17, 15) is 10.0 Å². The van der Waals surface area contributed by atoms with Crippen LogP contribution in [0.2, 0.25) is 0 Å². The molecular weight excluding hydrogens is 286 g/mol. The number of ether oxygens (including phenoxy) is 1. The SMILES string of the molecule is CCOc1ccc(C(=O)Cn2ccc(=N)cc2)cc1N([O-])O. The summed E-state index contributed by atoms with van der Waals surface area (Å²) in [5.41, 5.74) is 0.176. The number of hydrogen-bond acceptors (Lipinski definition) is 6. The first-order valence-corrected chi connectivity index (χ1v) is 6.68. The number of nitrogens with zero attached hydrogens (tertiary/aromatic N) is 2. The first-order valence-electron chi connectivity index (χ1n) is 6.68. The maximum Gasteiger partial charge on any atom is 0.182 e. The van der Waals surface area contributed by atoms with Gasteiger partial charge >= 0.3 is 0 Å². The molecular formula is C15H16N3O4-. The molecule has 0 amide bonds. The van der Waals surface area contributed by atoms with Crippen molar-refractivity contribution in [3.63, 3.8) is 0 Å². The highest BCUT2D eigenvalue weighted by Crippen LogP contribution is 2.28. The van der Waals surface area contributed by atoms with E-state index in [1.165, 1.54) is 12.1 Å². The average Bonchev–Trinajstić information content (AvgIpc) is 2.50. The predicted molar refractivity (Wildman–Crippen MR) is 79.9 cm³/mol. The molecule has 0 radical (unpaired) electrons. The summed E-state index contributed by atoms with van der Waals surface area (Å²) in [6.45, 7) is 2.16. The highest BCUT2D eigenvalue weighted by molar-refractivity contribution is 5.97. The van der Waals surface area contributed by atoms with Gasteiger partial charge in [0, 0.05) is 18.0 Å². The van der Waals surface area contributed by atoms with E-state index < -0.39 is 0 Å². The highest BCUT2D eigenvalue weighted by Gasteiger charge is 2.11. The molecule has 22 heavy (non-hydrogen) atoms. The fourth-order valence-corrected chi connectivity index (χ4v) is 1.94. The number of Topliss-reactive ketones (excluding diaryl/α,β-unsaturated/α-hetero) is 1. The van der Waals surface area contributed by atoms with Gasteiger partial charge in [0.05, 0.1) is 24.2 Å². The van der Waals surface area contributed by atoms with Gasteiger partial charge in [-0.2, -0.15) is 0 Å². The van der Waals surface area contributed by atoms with Crippen molar-refractivity contribution in [1.82, 2.24) is 4.57 Å². The Hall–Kier alpha value is -2.64. The Labute approximate surface area is 127 Å². The zero-order valence-corrected chi connectivity index (χ0v) is 12.0. The molecule has 1 heterocycles. The molecule has 0 atom stereocenters. The topological polar surface area (TPSA) is 102 Å². The molecule has 0 saturated heterocycles. The third-order valence-electron chi connectivity index (χ3n) is 3.00. The van der Waals surface area contributed by atoms with Gasteiger partial charge < -0.3 is 25.1 Å². The lowest BCUT2D eigenvalue weighted by Gasteiger charge is -2.24. The highest BCUT2D eigenvalue weighted by atomic mass is 16.8. The molecule has 7 nitrogen and oxygen atoms in total. The van der Waals surface area contributed by atoms with Crippen LogP contribution in [0.3, 0.4) is 0 Å². The molecule has 0 spiro atoms. The quantitative estimate of drug-likeness (QED) is 0.627. The number of rotatable bonds is 6. The molecule has 1 aromatic heterocycles. The van der Waals surface area contributed by atoms with Crippen LogP contribution in [0.15, 0.2) is 42.7 Å². The van der Waals surface area contributed by atoms with E-state index in [2.05, 4.69) is 0 Å². The summed E-state index contributed by atoms with van der Waals surface area (Å²) >= 11 is 0. The summed E-state index contributed by atoms with van der Waals surface area (Å²) in [6, 6.07) is 7.46. The average molecular weight is 302 g/mol. The minimum Gasteiger partial charge on any atom is -0.733 e. The molecule has 0 aliphatic rings. The number of ketones is 1. The number of pyridine rings is 1. The first kappa shape index (κ1) is 15.7. The monoisotopic (exact) mass is 302 g/mol. The van der Waals surface area contributed by atoms with E-state index in [1.54, 1.807) is 42.1 Å². The maximum atomic E-state index is 12.2. The Balaban J connectivity index is 2.24. The maximum absolute atomic E-state index is 12.2. The number of nitrogens with one attached hydrogen (secondary N) is 1. The number of aromatic nitrogens is 1. The number of carbonyl (C=O) groups is 1. The summed E-state index contributed by atoms with van der Waals surface area (Å²) < 4.78 is 6.85. The van der Waals surface area contributed by atoms with Gasteiger partial charge in [-0.1, -0.05) is 0 Å². The third-order valence-corrected chi connectivity index (χ3v) is 3.00. The number of benzene rings is 1. The molecule has 0 bridgehead atoms. The van der Waals surface area contributed by atoms with Gasteiger partial charge in [0.15, 0.2) is 5.78 Å². The standard InChI is InChI=1S/C15H16N3O4/c1-2-22-15-4-3-11(9-13(15)18(20)21)14(19)10-17-7-5-12(16)6-8-17/h3-9,16,20H,2,10H2,1H3/q-1. The van der Waals surface area contributed by atoms with E-state index in [0.717, 1.165) is 0 Å². The van der Waals surface area contributed by atoms with Crippen LogP contribution in [0, 0.1) is 10.6 Å². The smallest absolute Gasteiger partial charge is 0.182 e. The van der Waals surface area contributed by atoms with Crippen molar-refractivity contribution in [2.75, 3.05) is 11.8 Å². The lowest BCUT2D eigenvalue weighted by Crippen LogP contribution is -2.14. The third kappa shape index (κ3) is 3.72. The molecule has 7 heteroatoms. The lowest BCUT2D eigenvalue weighted by molar-refractivity contribution is 0.0972. The van der Waals surface area contributed by atoms with Crippen LogP contribution in [-0.4, -0.2) is 22.2 Å². The first-order chi connectivity index (χ1) is 10.5. The van der Waals surface area contributed by atoms with Gasteiger partial charge in [-0.05, 0) is 37.3 Å². The van der Waals surface area contributed by atoms with Crippen molar-refractivity contribution in [3.8, 4) is 5.75 Å². The van der Waals surface area contributed by atoms with Gasteiger partial charge in [0.2, 0.25) is 0 Å². The lowest BCUT2D eigenvalue weighted by atomic mass is 10.1. The van der Waals surface area contributed by atoms with Crippen molar-refractivity contribution in [2.45, 2.75) is 13.5 Å². The van der Waals surface area contributed by atoms with Gasteiger partial charge in [-0.15, -0.1) is 0 Å². The van der Waals surface area contributed by atoms with Crippen molar-refractivity contribution >= 4 is 11.5 Å². The molecule has 2 aromatic rings. The Morgan fingerprint density at radius 3 is 2.64 bits per heavy atom. The Kier molecular flexibility index (Phi) is 4.92. The van der Waals surface area contributed by atoms with Gasteiger partial charge in [-0.25, -0.2) is 0 Å². The summed E-state index contributed by atoms with van der Waals surface area (Å²) in [4.78, 5) is 12.2. The molecule has 0 unspecified atom stereocenters. The van der Waals surface area contributed by atoms with Crippen LogP contribution >= 0.6 is 0 Å². The van der Waals surface area contributed by atoms with E-state index >= 15 is 0 Å². The van der Waals surface area contributed by atoms with Gasteiger partial charge in [-0.3, -0.25) is 10.0 Å². The number of anilines is 1. The molecule has 0 fully saturated rings. The van der Waals surface area contributed by atoms with E-state index in [4.69, 9.17) is 15.4 Å². The predicted octanol–water partition coefficient (Wildman–Crippen LogP) is 1.94. The summed E-state index contributed by atoms with van der Waals surface area (Å²) in [5.74, 6) is -0.0170. The van der Waals surface area contributed by atoms with Crippen molar-refractivity contribution in [1.29, 1.82) is 5.41 Å². The fourth-order valence-electron chi connectivity index (χ4n) is 1.94. The minimum absolute atomic E-state index is 0.0674. The van der Waals surface area contributed by atoms with Crippen LogP contribution in [0.5, 0.6) is 5.75 Å². The van der Waals surface area contributed by atoms with E-state index in [-0.39, 0.29) is 34.6 Å². The molecule has 116 valence electrons. The molecule has 0 aliphatic carbocycles. The van der Waals surface area contributed by atoms with Gasteiger partial charge in [0.25, 0.3) is 0 Å². The van der Waals surface area contributed by atoms with Crippen molar-refractivity contribution < 1.29 is 14.7 Å². The van der Waals surface area contributed by atoms with Crippen LogP contribution in [0.4, 0.5) is 5.69 Å². The molecule has 1 aromatic carbocycles. The molecule has 2 rings (SSSR count). The molecule has 0 saturated carbocycles. The minimum atomic E-state index is -0.316. The fraction of sp³-hybridized carbons (Fsp3) is 0.200. The second kappa shape index (κ2) is 6.88. The molecule has 2 N–H and O–H groups in total. The van der Waals surface area contributed by atoms with Crippen LogP contribution < -0.4 is 15.3 Å². The normalized spacial score (nSPS) is 10.3. The van der Waals surface area contributed by atoms with E-state index in [1.807, 2.05) is 0 Å². The van der Waals surface area contributed by atoms with E-state index in [0.29, 0.717) is 12.0 Å². The van der Waals surface area contributed by atoms with Crippen LogP contribution in [-0.2, 0) is 6.54 Å². The largest absolute Gasteiger partial charge is 0.733 e. The molecule has 0 aliphatic heterocycles.